The van der Waals surface area contributed by atoms with Gasteiger partial charge in [-0.1, -0.05) is 19.1 Å². The van der Waals surface area contributed by atoms with Crippen molar-refractivity contribution >= 4 is 17.3 Å². The molecule has 0 aliphatic carbocycles. The molecule has 0 saturated carbocycles. The Morgan fingerprint density at radius 3 is 2.83 bits per heavy atom. The van der Waals surface area contributed by atoms with Crippen molar-refractivity contribution < 1.29 is 9.13 Å². The van der Waals surface area contributed by atoms with Crippen molar-refractivity contribution in [2.45, 2.75) is 33.4 Å². The van der Waals surface area contributed by atoms with Crippen LogP contribution in [-0.2, 0) is 19.5 Å². The molecule has 0 aliphatic rings. The second-order valence-electron chi connectivity index (χ2n) is 6.15. The van der Waals surface area contributed by atoms with E-state index in [9.17, 15) is 4.39 Å². The van der Waals surface area contributed by atoms with Crippen molar-refractivity contribution in [2.24, 2.45) is 4.99 Å². The summed E-state index contributed by atoms with van der Waals surface area (Å²) in [5, 5.41) is 7.54. The lowest BCUT2D eigenvalue weighted by atomic mass is 10.2. The van der Waals surface area contributed by atoms with Crippen LogP contribution < -0.4 is 15.4 Å². The first-order chi connectivity index (χ1) is 14.2. The summed E-state index contributed by atoms with van der Waals surface area (Å²) in [5.74, 6) is 1.13. The molecule has 3 rings (SSSR count). The third-order valence-electron chi connectivity index (χ3n) is 3.97. The number of pyridine rings is 1. The van der Waals surface area contributed by atoms with E-state index in [-0.39, 0.29) is 5.82 Å². The van der Waals surface area contributed by atoms with E-state index in [1.165, 1.54) is 17.0 Å². The molecule has 152 valence electrons. The fraction of sp³-hybridized carbons (Fsp3) is 0.286. The lowest BCUT2D eigenvalue weighted by Crippen LogP contribution is -2.36. The van der Waals surface area contributed by atoms with Crippen LogP contribution in [-0.4, -0.2) is 22.5 Å². The molecule has 0 radical (unpaired) electrons. The highest BCUT2D eigenvalue weighted by Crippen LogP contribution is 2.24. The molecule has 0 atom stereocenters. The first-order valence-electron chi connectivity index (χ1n) is 9.51. The Hall–Kier alpha value is -3.00. The van der Waals surface area contributed by atoms with E-state index in [1.807, 2.05) is 25.3 Å². The predicted molar refractivity (Wildman–Crippen MR) is 114 cm³/mol. The van der Waals surface area contributed by atoms with Crippen LogP contribution in [0, 0.1) is 5.82 Å². The number of aromatic nitrogens is 2. The van der Waals surface area contributed by atoms with Crippen LogP contribution in [0.5, 0.6) is 11.6 Å². The maximum absolute atomic E-state index is 13.4. The quantitative estimate of drug-likeness (QED) is 0.426. The van der Waals surface area contributed by atoms with Gasteiger partial charge in [-0.05, 0) is 31.5 Å². The van der Waals surface area contributed by atoms with Crippen molar-refractivity contribution in [1.82, 2.24) is 20.6 Å². The summed E-state index contributed by atoms with van der Waals surface area (Å²) in [6, 6.07) is 9.70. The standard InChI is InChI=1S/C21H24FN5OS/c1-3-18-13-25-19(29-18)14-27-21(23-4-2)26-12-15-7-6-10-24-20(15)28-17-9-5-8-16(22)11-17/h5-11,13H,3-4,12,14H2,1-2H3,(H2,23,26,27). The summed E-state index contributed by atoms with van der Waals surface area (Å²) in [4.78, 5) is 14.6. The third kappa shape index (κ3) is 6.25. The van der Waals surface area contributed by atoms with Gasteiger partial charge in [0.15, 0.2) is 5.96 Å². The summed E-state index contributed by atoms with van der Waals surface area (Å²) >= 11 is 1.70. The zero-order chi connectivity index (χ0) is 20.5. The summed E-state index contributed by atoms with van der Waals surface area (Å²) in [5.41, 5.74) is 0.802. The number of aryl methyl sites for hydroxylation is 1. The van der Waals surface area contributed by atoms with Crippen LogP contribution in [0.25, 0.3) is 0 Å². The Kier molecular flexibility index (Phi) is 7.52. The molecular weight excluding hydrogens is 389 g/mol. The fourth-order valence-corrected chi connectivity index (χ4v) is 3.34. The third-order valence-corrected chi connectivity index (χ3v) is 5.11. The molecule has 1 aromatic carbocycles. The van der Waals surface area contributed by atoms with E-state index in [2.05, 4.69) is 32.5 Å². The van der Waals surface area contributed by atoms with E-state index in [4.69, 9.17) is 4.74 Å². The van der Waals surface area contributed by atoms with Gasteiger partial charge in [-0.3, -0.25) is 0 Å². The number of nitrogens with one attached hydrogen (secondary N) is 2. The molecule has 0 saturated heterocycles. The van der Waals surface area contributed by atoms with Crippen LogP contribution >= 0.6 is 11.3 Å². The molecule has 29 heavy (non-hydrogen) atoms. The van der Waals surface area contributed by atoms with E-state index >= 15 is 0 Å². The second kappa shape index (κ2) is 10.5. The second-order valence-corrected chi connectivity index (χ2v) is 7.35. The van der Waals surface area contributed by atoms with Crippen molar-refractivity contribution in [2.75, 3.05) is 6.54 Å². The minimum Gasteiger partial charge on any atom is -0.439 e. The van der Waals surface area contributed by atoms with Crippen molar-refractivity contribution in [3.05, 3.63) is 70.1 Å². The van der Waals surface area contributed by atoms with Crippen LogP contribution in [0.2, 0.25) is 0 Å². The molecule has 3 aromatic rings. The zero-order valence-corrected chi connectivity index (χ0v) is 17.3. The summed E-state index contributed by atoms with van der Waals surface area (Å²) in [7, 11) is 0. The van der Waals surface area contributed by atoms with E-state index in [1.54, 1.807) is 29.7 Å². The SMILES string of the molecule is CCNC(=NCc1cccnc1Oc1cccc(F)c1)NCc1ncc(CC)s1. The molecule has 2 aromatic heterocycles. The van der Waals surface area contributed by atoms with Gasteiger partial charge in [-0.25, -0.2) is 19.4 Å². The van der Waals surface area contributed by atoms with Crippen molar-refractivity contribution in [3.8, 4) is 11.6 Å². The van der Waals surface area contributed by atoms with Gasteiger partial charge < -0.3 is 15.4 Å². The highest BCUT2D eigenvalue weighted by molar-refractivity contribution is 7.11. The van der Waals surface area contributed by atoms with Crippen LogP contribution in [0.1, 0.15) is 29.3 Å². The van der Waals surface area contributed by atoms with Gasteiger partial charge in [0.2, 0.25) is 5.88 Å². The molecule has 2 heterocycles. The molecule has 0 bridgehead atoms. The average Bonchev–Trinajstić information content (AvgIpc) is 3.19. The largest absolute Gasteiger partial charge is 0.439 e. The number of thiazole rings is 1. The summed E-state index contributed by atoms with van der Waals surface area (Å²) in [6.07, 6.45) is 4.54. The number of ether oxygens (including phenoxy) is 1. The first-order valence-corrected chi connectivity index (χ1v) is 10.3. The Morgan fingerprint density at radius 1 is 1.17 bits per heavy atom. The molecular formula is C21H24FN5OS. The van der Waals surface area contributed by atoms with Crippen LogP contribution in [0.15, 0.2) is 53.8 Å². The number of aliphatic imine (C=N–C) groups is 1. The minimum atomic E-state index is -0.356. The maximum Gasteiger partial charge on any atom is 0.224 e. The molecule has 0 amide bonds. The molecule has 8 heteroatoms. The number of guanidine groups is 1. The molecule has 2 N–H and O–H groups in total. The highest BCUT2D eigenvalue weighted by Gasteiger charge is 2.08. The highest BCUT2D eigenvalue weighted by atomic mass is 32.1. The molecule has 0 spiro atoms. The van der Waals surface area contributed by atoms with E-state index in [0.717, 1.165) is 23.5 Å². The number of benzene rings is 1. The van der Waals surface area contributed by atoms with Crippen LogP contribution in [0.4, 0.5) is 4.39 Å². The van der Waals surface area contributed by atoms with Gasteiger partial charge in [0, 0.05) is 35.4 Å². The van der Waals surface area contributed by atoms with Gasteiger partial charge in [0.25, 0.3) is 0 Å². The zero-order valence-electron chi connectivity index (χ0n) is 16.5. The minimum absolute atomic E-state index is 0.356. The lowest BCUT2D eigenvalue weighted by Gasteiger charge is -2.11. The molecule has 0 unspecified atom stereocenters. The van der Waals surface area contributed by atoms with E-state index < -0.39 is 0 Å². The number of rotatable bonds is 8. The average molecular weight is 414 g/mol. The number of nitrogens with zero attached hydrogens (tertiary/aromatic N) is 3. The smallest absolute Gasteiger partial charge is 0.224 e. The van der Waals surface area contributed by atoms with Gasteiger partial charge in [0.1, 0.15) is 16.6 Å². The lowest BCUT2D eigenvalue weighted by molar-refractivity contribution is 0.452. The normalized spacial score (nSPS) is 11.3. The Labute approximate surface area is 173 Å². The Bertz CT molecular complexity index is 960. The number of halogens is 1. The Balaban J connectivity index is 1.68. The van der Waals surface area contributed by atoms with Gasteiger partial charge in [0.05, 0.1) is 13.1 Å². The molecule has 6 nitrogen and oxygen atoms in total. The van der Waals surface area contributed by atoms with Gasteiger partial charge >= 0.3 is 0 Å². The summed E-state index contributed by atoms with van der Waals surface area (Å²) in [6.45, 7) is 5.84. The number of hydrogen-bond acceptors (Lipinski definition) is 5. The fourth-order valence-electron chi connectivity index (χ4n) is 2.54. The first kappa shape index (κ1) is 20.7. The van der Waals surface area contributed by atoms with Crippen molar-refractivity contribution in [1.29, 1.82) is 0 Å². The van der Waals surface area contributed by atoms with Crippen LogP contribution in [0.3, 0.4) is 0 Å². The van der Waals surface area contributed by atoms with Crippen molar-refractivity contribution in [3.63, 3.8) is 0 Å². The molecule has 0 aliphatic heterocycles. The van der Waals surface area contributed by atoms with Gasteiger partial charge in [-0.2, -0.15) is 0 Å². The Morgan fingerprint density at radius 2 is 2.07 bits per heavy atom. The number of hydrogen-bond donors (Lipinski definition) is 2. The maximum atomic E-state index is 13.4. The van der Waals surface area contributed by atoms with E-state index in [0.29, 0.717) is 30.7 Å². The predicted octanol–water partition coefficient (Wildman–Crippen LogP) is 4.29. The molecule has 0 fully saturated rings. The topological polar surface area (TPSA) is 71.4 Å². The monoisotopic (exact) mass is 413 g/mol. The van der Waals surface area contributed by atoms with Gasteiger partial charge in [-0.15, -0.1) is 11.3 Å². The summed E-state index contributed by atoms with van der Waals surface area (Å²) < 4.78 is 19.2.